The normalized spacial score (nSPS) is 25.3. The maximum atomic E-state index is 5.82. The molecule has 0 amide bonds. The van der Waals surface area contributed by atoms with E-state index in [0.717, 1.165) is 19.6 Å². The lowest BCUT2D eigenvalue weighted by molar-refractivity contribution is 0.113. The number of rotatable bonds is 3. The molecule has 0 spiro atoms. The molecular weight excluding hydrogens is 288 g/mol. The second kappa shape index (κ2) is 6.18. The lowest BCUT2D eigenvalue weighted by Crippen LogP contribution is -2.43. The van der Waals surface area contributed by atoms with Gasteiger partial charge in [0.1, 0.15) is 0 Å². The van der Waals surface area contributed by atoms with Gasteiger partial charge in [-0.05, 0) is 56.3 Å². The molecule has 100 valence electrons. The zero-order valence-electron chi connectivity index (χ0n) is 11.3. The van der Waals surface area contributed by atoms with Gasteiger partial charge in [-0.25, -0.2) is 0 Å². The molecule has 0 radical (unpaired) electrons. The lowest BCUT2D eigenvalue weighted by Gasteiger charge is -2.37. The molecule has 1 heterocycles. The van der Waals surface area contributed by atoms with Gasteiger partial charge in [-0.15, -0.1) is 0 Å². The van der Waals surface area contributed by atoms with E-state index in [-0.39, 0.29) is 0 Å². The summed E-state index contributed by atoms with van der Waals surface area (Å²) < 4.78 is 1.23. The average Bonchev–Trinajstić information content (AvgIpc) is 2.35. The van der Waals surface area contributed by atoms with Crippen LogP contribution >= 0.6 is 15.9 Å². The molecule has 1 saturated heterocycles. The van der Waals surface area contributed by atoms with E-state index in [9.17, 15) is 0 Å². The molecular formula is C15H23BrN2. The molecule has 0 aromatic heterocycles. The van der Waals surface area contributed by atoms with E-state index < -0.39 is 0 Å². The van der Waals surface area contributed by atoms with Crippen LogP contribution < -0.4 is 5.73 Å². The summed E-state index contributed by atoms with van der Waals surface area (Å²) in [6.45, 7) is 7.44. The van der Waals surface area contributed by atoms with Crippen LogP contribution in [0.15, 0.2) is 22.7 Å². The first-order chi connectivity index (χ1) is 8.60. The van der Waals surface area contributed by atoms with Gasteiger partial charge in [0.25, 0.3) is 0 Å². The quantitative estimate of drug-likeness (QED) is 0.928. The smallest absolute Gasteiger partial charge is 0.0247 e. The molecule has 1 aliphatic rings. The summed E-state index contributed by atoms with van der Waals surface area (Å²) in [5.41, 5.74) is 8.50. The Balaban J connectivity index is 2.07. The summed E-state index contributed by atoms with van der Waals surface area (Å²) in [5.74, 6) is 0.672. The van der Waals surface area contributed by atoms with Crippen molar-refractivity contribution in [2.24, 2.45) is 11.7 Å². The number of aryl methyl sites for hydroxylation is 1. The van der Waals surface area contributed by atoms with Crippen molar-refractivity contribution in [2.75, 3.05) is 13.1 Å². The molecule has 0 saturated carbocycles. The van der Waals surface area contributed by atoms with Crippen LogP contribution in [0.25, 0.3) is 0 Å². The number of likely N-dealkylation sites (tertiary alicyclic amines) is 1. The van der Waals surface area contributed by atoms with Crippen molar-refractivity contribution in [1.82, 2.24) is 4.90 Å². The summed E-state index contributed by atoms with van der Waals surface area (Å²) in [5, 5.41) is 0. The third-order valence-electron chi connectivity index (χ3n) is 4.02. The monoisotopic (exact) mass is 310 g/mol. The van der Waals surface area contributed by atoms with Gasteiger partial charge in [0.05, 0.1) is 0 Å². The fourth-order valence-corrected chi connectivity index (χ4v) is 3.29. The van der Waals surface area contributed by atoms with Crippen LogP contribution in [0.2, 0.25) is 0 Å². The Morgan fingerprint density at radius 3 is 2.83 bits per heavy atom. The first kappa shape index (κ1) is 14.0. The topological polar surface area (TPSA) is 29.3 Å². The van der Waals surface area contributed by atoms with E-state index in [1.54, 1.807) is 0 Å². The first-order valence-corrected chi connectivity index (χ1v) is 7.58. The highest BCUT2D eigenvalue weighted by atomic mass is 79.9. The fourth-order valence-electron chi connectivity index (χ4n) is 2.67. The maximum Gasteiger partial charge on any atom is 0.0247 e. The molecule has 2 atom stereocenters. The molecule has 2 nitrogen and oxygen atoms in total. The Labute approximate surface area is 119 Å². The van der Waals surface area contributed by atoms with E-state index in [2.05, 4.69) is 52.9 Å². The molecule has 1 aromatic carbocycles. The summed E-state index contributed by atoms with van der Waals surface area (Å²) in [4.78, 5) is 2.57. The zero-order chi connectivity index (χ0) is 13.1. The predicted molar refractivity (Wildman–Crippen MR) is 80.5 cm³/mol. The van der Waals surface area contributed by atoms with Gasteiger partial charge in [0, 0.05) is 23.6 Å². The molecule has 1 aromatic rings. The van der Waals surface area contributed by atoms with Crippen molar-refractivity contribution in [2.45, 2.75) is 39.3 Å². The number of hydrogen-bond acceptors (Lipinski definition) is 2. The van der Waals surface area contributed by atoms with Gasteiger partial charge in [-0.2, -0.15) is 0 Å². The van der Waals surface area contributed by atoms with Crippen LogP contribution in [-0.2, 0) is 6.54 Å². The molecule has 2 unspecified atom stereocenters. The SMILES string of the molecule is Cc1ccc(CN2CC(CN)CCC2C)c(Br)c1. The van der Waals surface area contributed by atoms with Crippen LogP contribution in [0.3, 0.4) is 0 Å². The highest BCUT2D eigenvalue weighted by Gasteiger charge is 2.24. The summed E-state index contributed by atoms with van der Waals surface area (Å²) in [6.07, 6.45) is 2.55. The molecule has 1 fully saturated rings. The number of hydrogen-bond donors (Lipinski definition) is 1. The van der Waals surface area contributed by atoms with Gasteiger partial charge in [0.15, 0.2) is 0 Å². The Morgan fingerprint density at radius 1 is 1.39 bits per heavy atom. The minimum absolute atomic E-state index is 0.668. The van der Waals surface area contributed by atoms with E-state index in [1.165, 1.54) is 28.4 Å². The number of nitrogens with two attached hydrogens (primary N) is 1. The Morgan fingerprint density at radius 2 is 2.17 bits per heavy atom. The third kappa shape index (κ3) is 3.34. The van der Waals surface area contributed by atoms with E-state index >= 15 is 0 Å². The number of halogens is 1. The van der Waals surface area contributed by atoms with Crippen LogP contribution in [-0.4, -0.2) is 24.0 Å². The Kier molecular flexibility index (Phi) is 4.82. The minimum atomic E-state index is 0.668. The van der Waals surface area contributed by atoms with E-state index in [4.69, 9.17) is 5.73 Å². The molecule has 0 bridgehead atoms. The largest absolute Gasteiger partial charge is 0.330 e. The molecule has 2 N–H and O–H groups in total. The molecule has 1 aliphatic heterocycles. The van der Waals surface area contributed by atoms with Crippen LogP contribution in [0.1, 0.15) is 30.9 Å². The van der Waals surface area contributed by atoms with Gasteiger partial charge in [-0.3, -0.25) is 4.90 Å². The minimum Gasteiger partial charge on any atom is -0.330 e. The number of piperidine rings is 1. The number of nitrogens with zero attached hydrogens (tertiary/aromatic N) is 1. The van der Waals surface area contributed by atoms with E-state index in [1.807, 2.05) is 0 Å². The fraction of sp³-hybridized carbons (Fsp3) is 0.600. The van der Waals surface area contributed by atoms with Gasteiger partial charge >= 0.3 is 0 Å². The number of benzene rings is 1. The molecule has 0 aliphatic carbocycles. The second-order valence-electron chi connectivity index (χ2n) is 5.55. The molecule has 2 rings (SSSR count). The van der Waals surface area contributed by atoms with E-state index in [0.29, 0.717) is 12.0 Å². The molecule has 18 heavy (non-hydrogen) atoms. The highest BCUT2D eigenvalue weighted by molar-refractivity contribution is 9.10. The Bertz CT molecular complexity index is 405. The van der Waals surface area contributed by atoms with Gasteiger partial charge in [-0.1, -0.05) is 28.1 Å². The van der Waals surface area contributed by atoms with Crippen LogP contribution in [0, 0.1) is 12.8 Å². The lowest BCUT2D eigenvalue weighted by atomic mass is 9.93. The Hall–Kier alpha value is -0.380. The zero-order valence-corrected chi connectivity index (χ0v) is 12.9. The van der Waals surface area contributed by atoms with Crippen molar-refractivity contribution in [3.8, 4) is 0 Å². The standard InChI is InChI=1S/C15H23BrN2/c1-11-3-6-14(15(16)7-11)10-18-9-13(8-17)5-4-12(18)2/h3,6-7,12-13H,4-5,8-10,17H2,1-2H3. The maximum absolute atomic E-state index is 5.82. The van der Waals surface area contributed by atoms with Gasteiger partial charge in [0.2, 0.25) is 0 Å². The van der Waals surface area contributed by atoms with Crippen molar-refractivity contribution < 1.29 is 0 Å². The van der Waals surface area contributed by atoms with Crippen molar-refractivity contribution in [3.63, 3.8) is 0 Å². The van der Waals surface area contributed by atoms with Crippen molar-refractivity contribution >= 4 is 15.9 Å². The van der Waals surface area contributed by atoms with Crippen molar-refractivity contribution in [3.05, 3.63) is 33.8 Å². The van der Waals surface area contributed by atoms with Crippen LogP contribution in [0.4, 0.5) is 0 Å². The summed E-state index contributed by atoms with van der Waals surface area (Å²) >= 11 is 3.67. The van der Waals surface area contributed by atoms with Crippen molar-refractivity contribution in [1.29, 1.82) is 0 Å². The van der Waals surface area contributed by atoms with Gasteiger partial charge < -0.3 is 5.73 Å². The highest BCUT2D eigenvalue weighted by Crippen LogP contribution is 2.26. The van der Waals surface area contributed by atoms with Crippen LogP contribution in [0.5, 0.6) is 0 Å². The predicted octanol–water partition coefficient (Wildman–Crippen LogP) is 3.32. The summed E-state index contributed by atoms with van der Waals surface area (Å²) in [7, 11) is 0. The summed E-state index contributed by atoms with van der Waals surface area (Å²) in [6, 6.07) is 7.29. The first-order valence-electron chi connectivity index (χ1n) is 6.79. The average molecular weight is 311 g/mol. The third-order valence-corrected chi connectivity index (χ3v) is 4.76. The molecule has 3 heteroatoms. The second-order valence-corrected chi connectivity index (χ2v) is 6.41.